The Hall–Kier alpha value is -3.00. The lowest BCUT2D eigenvalue weighted by Gasteiger charge is -2.10. The van der Waals surface area contributed by atoms with Crippen LogP contribution >= 0.6 is 15.9 Å². The zero-order valence-corrected chi connectivity index (χ0v) is 14.8. The second kappa shape index (κ2) is 7.27. The summed E-state index contributed by atoms with van der Waals surface area (Å²) >= 11 is 3.40. The van der Waals surface area contributed by atoms with E-state index in [1.165, 1.54) is 6.92 Å². The van der Waals surface area contributed by atoms with E-state index in [1.54, 1.807) is 53.6 Å². The predicted molar refractivity (Wildman–Crippen MR) is 97.8 cm³/mol. The van der Waals surface area contributed by atoms with Crippen molar-refractivity contribution < 1.29 is 9.59 Å². The van der Waals surface area contributed by atoms with E-state index >= 15 is 0 Å². The summed E-state index contributed by atoms with van der Waals surface area (Å²) in [5, 5.41) is 13.0. The van der Waals surface area contributed by atoms with Gasteiger partial charge in [0.1, 0.15) is 12.7 Å². The van der Waals surface area contributed by atoms with Crippen molar-refractivity contribution >= 4 is 39.1 Å². The molecule has 0 radical (unpaired) electrons. The van der Waals surface area contributed by atoms with Gasteiger partial charge in [0, 0.05) is 28.5 Å². The maximum atomic E-state index is 12.6. The highest BCUT2D eigenvalue weighted by molar-refractivity contribution is 9.10. The minimum Gasteiger partial charge on any atom is -0.326 e. The van der Waals surface area contributed by atoms with Gasteiger partial charge in [0.05, 0.1) is 5.56 Å². The van der Waals surface area contributed by atoms with Crippen LogP contribution in [-0.2, 0) is 4.79 Å². The van der Waals surface area contributed by atoms with Gasteiger partial charge < -0.3 is 10.6 Å². The van der Waals surface area contributed by atoms with Gasteiger partial charge in [-0.15, -0.1) is 10.2 Å². The van der Waals surface area contributed by atoms with Crippen molar-refractivity contribution in [2.45, 2.75) is 6.92 Å². The van der Waals surface area contributed by atoms with Crippen LogP contribution in [0.3, 0.4) is 0 Å². The van der Waals surface area contributed by atoms with Crippen LogP contribution in [0.1, 0.15) is 17.3 Å². The quantitative estimate of drug-likeness (QED) is 0.704. The number of benzene rings is 2. The van der Waals surface area contributed by atoms with Gasteiger partial charge in [0.15, 0.2) is 0 Å². The van der Waals surface area contributed by atoms with Gasteiger partial charge in [-0.3, -0.25) is 14.2 Å². The molecule has 0 spiro atoms. The van der Waals surface area contributed by atoms with Crippen LogP contribution in [0.25, 0.3) is 5.69 Å². The van der Waals surface area contributed by atoms with Gasteiger partial charge in [0.25, 0.3) is 5.91 Å². The van der Waals surface area contributed by atoms with Crippen molar-refractivity contribution in [1.29, 1.82) is 0 Å². The average molecular weight is 400 g/mol. The number of halogens is 1. The summed E-state index contributed by atoms with van der Waals surface area (Å²) in [6, 6.07) is 12.3. The summed E-state index contributed by atoms with van der Waals surface area (Å²) in [5.74, 6) is -0.402. The third-order valence-corrected chi connectivity index (χ3v) is 4.07. The third-order valence-electron chi connectivity index (χ3n) is 3.37. The number of amides is 2. The monoisotopic (exact) mass is 399 g/mol. The summed E-state index contributed by atoms with van der Waals surface area (Å²) in [6.45, 7) is 1.44. The van der Waals surface area contributed by atoms with Crippen molar-refractivity contribution in [3.05, 3.63) is 65.2 Å². The van der Waals surface area contributed by atoms with Crippen molar-refractivity contribution in [3.8, 4) is 5.69 Å². The molecule has 7 nitrogen and oxygen atoms in total. The second-order valence-corrected chi connectivity index (χ2v) is 6.10. The normalized spacial score (nSPS) is 10.3. The Bertz CT molecular complexity index is 907. The molecular weight excluding hydrogens is 386 g/mol. The zero-order valence-electron chi connectivity index (χ0n) is 13.2. The molecule has 2 amide bonds. The van der Waals surface area contributed by atoms with Gasteiger partial charge >= 0.3 is 0 Å². The van der Waals surface area contributed by atoms with Crippen LogP contribution < -0.4 is 10.6 Å². The summed E-state index contributed by atoms with van der Waals surface area (Å²) in [4.78, 5) is 23.6. The van der Waals surface area contributed by atoms with E-state index in [-0.39, 0.29) is 11.8 Å². The number of hydrogen-bond donors (Lipinski definition) is 2. The first kappa shape index (κ1) is 16.8. The lowest BCUT2D eigenvalue weighted by molar-refractivity contribution is -0.114. The van der Waals surface area contributed by atoms with Crippen molar-refractivity contribution in [3.63, 3.8) is 0 Å². The zero-order chi connectivity index (χ0) is 17.8. The van der Waals surface area contributed by atoms with E-state index in [0.717, 1.165) is 5.69 Å². The summed E-state index contributed by atoms with van der Waals surface area (Å²) in [5.41, 5.74) is 2.55. The molecule has 2 aromatic carbocycles. The van der Waals surface area contributed by atoms with E-state index in [0.29, 0.717) is 21.4 Å². The number of carbonyl (C=O) groups excluding carboxylic acids is 2. The van der Waals surface area contributed by atoms with Crippen LogP contribution in [0, 0.1) is 0 Å². The predicted octanol–water partition coefficient (Wildman–Crippen LogP) is 3.24. The molecule has 0 aliphatic carbocycles. The van der Waals surface area contributed by atoms with Gasteiger partial charge in [-0.25, -0.2) is 0 Å². The molecule has 0 fully saturated rings. The van der Waals surface area contributed by atoms with Crippen molar-refractivity contribution in [1.82, 2.24) is 14.8 Å². The first-order chi connectivity index (χ1) is 12.0. The third kappa shape index (κ3) is 4.10. The fourth-order valence-corrected chi connectivity index (χ4v) is 2.65. The highest BCUT2D eigenvalue weighted by atomic mass is 79.9. The van der Waals surface area contributed by atoms with E-state index in [1.807, 2.05) is 6.07 Å². The number of aromatic nitrogens is 3. The Morgan fingerprint density at radius 3 is 2.16 bits per heavy atom. The molecule has 0 aliphatic rings. The maximum absolute atomic E-state index is 12.6. The number of carbonyl (C=O) groups is 2. The Labute approximate surface area is 152 Å². The first-order valence-corrected chi connectivity index (χ1v) is 8.16. The molecule has 0 saturated carbocycles. The van der Waals surface area contributed by atoms with Gasteiger partial charge in [-0.1, -0.05) is 0 Å². The van der Waals surface area contributed by atoms with Crippen LogP contribution in [0.4, 0.5) is 11.4 Å². The van der Waals surface area contributed by atoms with E-state index < -0.39 is 0 Å². The largest absolute Gasteiger partial charge is 0.326 e. The molecule has 0 aliphatic heterocycles. The molecule has 126 valence electrons. The lowest BCUT2D eigenvalue weighted by atomic mass is 10.1. The SMILES string of the molecule is CC(=O)Nc1ccc(NC(=O)c2cc(-n3cnnc3)ccc2Br)cc1. The molecule has 2 N–H and O–H groups in total. The molecule has 3 rings (SSSR count). The Morgan fingerprint density at radius 2 is 1.56 bits per heavy atom. The van der Waals surface area contributed by atoms with Crippen LogP contribution in [0.5, 0.6) is 0 Å². The number of anilines is 2. The van der Waals surface area contributed by atoms with Crippen molar-refractivity contribution in [2.75, 3.05) is 10.6 Å². The van der Waals surface area contributed by atoms with E-state index in [4.69, 9.17) is 0 Å². The van der Waals surface area contributed by atoms with Gasteiger partial charge in [0.2, 0.25) is 5.91 Å². The summed E-state index contributed by atoms with van der Waals surface area (Å²) in [7, 11) is 0. The van der Waals surface area contributed by atoms with Crippen LogP contribution in [0.15, 0.2) is 59.6 Å². The Balaban J connectivity index is 1.79. The fourth-order valence-electron chi connectivity index (χ4n) is 2.22. The molecule has 3 aromatic rings. The number of nitrogens with zero attached hydrogens (tertiary/aromatic N) is 3. The van der Waals surface area contributed by atoms with E-state index in [9.17, 15) is 9.59 Å². The highest BCUT2D eigenvalue weighted by Gasteiger charge is 2.12. The fraction of sp³-hybridized carbons (Fsp3) is 0.0588. The number of hydrogen-bond acceptors (Lipinski definition) is 4. The highest BCUT2D eigenvalue weighted by Crippen LogP contribution is 2.22. The average Bonchev–Trinajstić information content (AvgIpc) is 3.11. The topological polar surface area (TPSA) is 88.9 Å². The molecule has 0 atom stereocenters. The standard InChI is InChI=1S/C17H14BrN5O2/c1-11(24)21-12-2-4-13(5-3-12)22-17(25)15-8-14(6-7-16(15)18)23-9-19-20-10-23/h2-10H,1H3,(H,21,24)(H,22,25). The van der Waals surface area contributed by atoms with Gasteiger partial charge in [-0.2, -0.15) is 0 Å². The molecule has 0 unspecified atom stereocenters. The van der Waals surface area contributed by atoms with Crippen molar-refractivity contribution in [2.24, 2.45) is 0 Å². The van der Waals surface area contributed by atoms with E-state index in [2.05, 4.69) is 36.8 Å². The van der Waals surface area contributed by atoms with Gasteiger partial charge in [-0.05, 0) is 58.4 Å². The molecule has 0 saturated heterocycles. The second-order valence-electron chi connectivity index (χ2n) is 5.25. The molecule has 8 heteroatoms. The maximum Gasteiger partial charge on any atom is 0.256 e. The number of nitrogens with one attached hydrogen (secondary N) is 2. The minimum absolute atomic E-state index is 0.147. The molecule has 0 bridgehead atoms. The molecule has 1 heterocycles. The summed E-state index contributed by atoms with van der Waals surface area (Å²) < 4.78 is 2.39. The lowest BCUT2D eigenvalue weighted by Crippen LogP contribution is -2.13. The summed E-state index contributed by atoms with van der Waals surface area (Å²) in [6.07, 6.45) is 3.12. The smallest absolute Gasteiger partial charge is 0.256 e. The molecule has 1 aromatic heterocycles. The van der Waals surface area contributed by atoms with Crippen LogP contribution in [0.2, 0.25) is 0 Å². The Morgan fingerprint density at radius 1 is 0.960 bits per heavy atom. The first-order valence-electron chi connectivity index (χ1n) is 7.36. The minimum atomic E-state index is -0.255. The Kier molecular flexibility index (Phi) is 4.90. The molecular formula is C17H14BrN5O2. The number of rotatable bonds is 4. The van der Waals surface area contributed by atoms with Crippen LogP contribution in [-0.4, -0.2) is 26.6 Å². The molecule has 25 heavy (non-hydrogen) atoms.